The van der Waals surface area contributed by atoms with Crippen LogP contribution in [-0.2, 0) is 6.42 Å². The number of nitrogens with zero attached hydrogens (tertiary/aromatic N) is 2. The van der Waals surface area contributed by atoms with E-state index in [9.17, 15) is 0 Å². The zero-order valence-electron chi connectivity index (χ0n) is 11.5. The highest BCUT2D eigenvalue weighted by Crippen LogP contribution is 2.20. The summed E-state index contributed by atoms with van der Waals surface area (Å²) in [6.45, 7) is 8.88. The number of alkyl halides is 1. The standard InChI is InChI=1S/C14H25ClN2/c1-5-14(6-2)17-8-7-13(16-17)9-12(10-15)11(3)4/h7-8,11-12,14H,5-6,9-10H2,1-4H3. The van der Waals surface area contributed by atoms with Crippen molar-refractivity contribution in [1.82, 2.24) is 9.78 Å². The van der Waals surface area contributed by atoms with Gasteiger partial charge in [0.1, 0.15) is 0 Å². The zero-order valence-corrected chi connectivity index (χ0v) is 12.2. The van der Waals surface area contributed by atoms with E-state index in [1.165, 1.54) is 5.69 Å². The Morgan fingerprint density at radius 2 is 1.94 bits per heavy atom. The van der Waals surface area contributed by atoms with Crippen LogP contribution in [0.1, 0.15) is 52.3 Å². The van der Waals surface area contributed by atoms with Gasteiger partial charge in [0.2, 0.25) is 0 Å². The van der Waals surface area contributed by atoms with E-state index in [0.717, 1.165) is 25.1 Å². The van der Waals surface area contributed by atoms with E-state index in [1.54, 1.807) is 0 Å². The van der Waals surface area contributed by atoms with Crippen LogP contribution in [0.15, 0.2) is 12.3 Å². The van der Waals surface area contributed by atoms with Gasteiger partial charge in [-0.05, 0) is 37.2 Å². The molecule has 3 heteroatoms. The lowest BCUT2D eigenvalue weighted by Crippen LogP contribution is -2.15. The smallest absolute Gasteiger partial charge is 0.0628 e. The lowest BCUT2D eigenvalue weighted by atomic mass is 9.93. The summed E-state index contributed by atoms with van der Waals surface area (Å²) in [7, 11) is 0. The van der Waals surface area contributed by atoms with Gasteiger partial charge in [0, 0.05) is 12.1 Å². The van der Waals surface area contributed by atoms with Crippen LogP contribution in [0, 0.1) is 11.8 Å². The van der Waals surface area contributed by atoms with Crippen molar-refractivity contribution >= 4 is 11.6 Å². The summed E-state index contributed by atoms with van der Waals surface area (Å²) in [5.74, 6) is 1.86. The molecule has 17 heavy (non-hydrogen) atoms. The molecule has 0 radical (unpaired) electrons. The third-order valence-electron chi connectivity index (χ3n) is 3.59. The quantitative estimate of drug-likeness (QED) is 0.665. The highest BCUT2D eigenvalue weighted by Gasteiger charge is 2.15. The Labute approximate surface area is 110 Å². The van der Waals surface area contributed by atoms with Gasteiger partial charge in [-0.15, -0.1) is 11.6 Å². The average molecular weight is 257 g/mol. The van der Waals surface area contributed by atoms with Gasteiger partial charge in [-0.25, -0.2) is 0 Å². The molecule has 0 aliphatic carbocycles. The van der Waals surface area contributed by atoms with Crippen molar-refractivity contribution in [3.63, 3.8) is 0 Å². The zero-order chi connectivity index (χ0) is 12.8. The van der Waals surface area contributed by atoms with E-state index in [4.69, 9.17) is 11.6 Å². The lowest BCUT2D eigenvalue weighted by molar-refractivity contribution is 0.401. The number of halogens is 1. The van der Waals surface area contributed by atoms with Crippen molar-refractivity contribution in [2.24, 2.45) is 11.8 Å². The number of aromatic nitrogens is 2. The van der Waals surface area contributed by atoms with Crippen molar-refractivity contribution in [3.05, 3.63) is 18.0 Å². The van der Waals surface area contributed by atoms with Crippen LogP contribution in [-0.4, -0.2) is 15.7 Å². The molecule has 1 atom stereocenters. The van der Waals surface area contributed by atoms with Crippen LogP contribution < -0.4 is 0 Å². The summed E-state index contributed by atoms with van der Waals surface area (Å²) < 4.78 is 2.11. The second-order valence-electron chi connectivity index (χ2n) is 5.12. The molecule has 0 saturated carbocycles. The summed E-state index contributed by atoms with van der Waals surface area (Å²) in [4.78, 5) is 0. The van der Waals surface area contributed by atoms with Gasteiger partial charge in [-0.2, -0.15) is 5.10 Å². The Balaban J connectivity index is 2.67. The SMILES string of the molecule is CCC(CC)n1ccc(CC(CCl)C(C)C)n1. The largest absolute Gasteiger partial charge is 0.269 e. The van der Waals surface area contributed by atoms with Gasteiger partial charge in [0.25, 0.3) is 0 Å². The first-order valence-corrected chi connectivity index (χ1v) is 7.25. The molecule has 2 nitrogen and oxygen atoms in total. The van der Waals surface area contributed by atoms with E-state index < -0.39 is 0 Å². The number of hydrogen-bond donors (Lipinski definition) is 0. The predicted octanol–water partition coefficient (Wildman–Crippen LogP) is 4.30. The molecular formula is C14H25ClN2. The fourth-order valence-corrected chi connectivity index (χ4v) is 2.55. The highest BCUT2D eigenvalue weighted by molar-refractivity contribution is 6.18. The Hall–Kier alpha value is -0.500. The van der Waals surface area contributed by atoms with Gasteiger partial charge in [0.15, 0.2) is 0 Å². The van der Waals surface area contributed by atoms with Gasteiger partial charge in [-0.3, -0.25) is 4.68 Å². The number of rotatable bonds is 7. The Bertz CT molecular complexity index is 316. The fraction of sp³-hybridized carbons (Fsp3) is 0.786. The van der Waals surface area contributed by atoms with Crippen molar-refractivity contribution < 1.29 is 0 Å². The Morgan fingerprint density at radius 3 is 2.41 bits per heavy atom. The summed E-state index contributed by atoms with van der Waals surface area (Å²) >= 11 is 6.00. The van der Waals surface area contributed by atoms with Crippen LogP contribution in [0.25, 0.3) is 0 Å². The molecule has 1 aromatic rings. The molecule has 0 aromatic carbocycles. The van der Waals surface area contributed by atoms with Crippen LogP contribution >= 0.6 is 11.6 Å². The molecule has 1 unspecified atom stereocenters. The van der Waals surface area contributed by atoms with E-state index in [-0.39, 0.29) is 0 Å². The van der Waals surface area contributed by atoms with Crippen LogP contribution in [0.4, 0.5) is 0 Å². The fourth-order valence-electron chi connectivity index (χ4n) is 2.09. The minimum Gasteiger partial charge on any atom is -0.269 e. The first-order valence-electron chi connectivity index (χ1n) is 6.72. The van der Waals surface area contributed by atoms with Crippen molar-refractivity contribution in [2.75, 3.05) is 5.88 Å². The van der Waals surface area contributed by atoms with Crippen molar-refractivity contribution in [2.45, 2.75) is 53.0 Å². The summed E-state index contributed by atoms with van der Waals surface area (Å²) in [6.07, 6.45) is 5.38. The third-order valence-corrected chi connectivity index (χ3v) is 3.99. The lowest BCUT2D eigenvalue weighted by Gasteiger charge is -2.16. The van der Waals surface area contributed by atoms with E-state index >= 15 is 0 Å². The van der Waals surface area contributed by atoms with Gasteiger partial charge in [0.05, 0.1) is 11.7 Å². The molecule has 0 saturated heterocycles. The Kier molecular flexibility index (Phi) is 6.04. The van der Waals surface area contributed by atoms with Gasteiger partial charge in [-0.1, -0.05) is 27.7 Å². The molecule has 0 amide bonds. The molecule has 1 heterocycles. The maximum Gasteiger partial charge on any atom is 0.0628 e. The maximum absolute atomic E-state index is 6.00. The van der Waals surface area contributed by atoms with Crippen molar-refractivity contribution in [3.8, 4) is 0 Å². The van der Waals surface area contributed by atoms with E-state index in [0.29, 0.717) is 17.9 Å². The minimum absolute atomic E-state index is 0.529. The molecule has 0 aliphatic rings. The first-order chi connectivity index (χ1) is 8.12. The molecule has 0 spiro atoms. The Morgan fingerprint density at radius 1 is 1.29 bits per heavy atom. The minimum atomic E-state index is 0.529. The van der Waals surface area contributed by atoms with Crippen LogP contribution in [0.5, 0.6) is 0 Å². The molecule has 1 rings (SSSR count). The highest BCUT2D eigenvalue weighted by atomic mass is 35.5. The molecule has 1 aromatic heterocycles. The normalized spacial score (nSPS) is 13.6. The molecule has 0 N–H and O–H groups in total. The van der Waals surface area contributed by atoms with Crippen LogP contribution in [0.3, 0.4) is 0 Å². The van der Waals surface area contributed by atoms with Crippen LogP contribution in [0.2, 0.25) is 0 Å². The molecule has 0 bridgehead atoms. The van der Waals surface area contributed by atoms with E-state index in [1.807, 2.05) is 0 Å². The molecule has 98 valence electrons. The summed E-state index contributed by atoms with van der Waals surface area (Å²) in [5, 5.41) is 4.68. The predicted molar refractivity (Wildman–Crippen MR) is 74.6 cm³/mol. The second kappa shape index (κ2) is 7.05. The van der Waals surface area contributed by atoms with Gasteiger partial charge >= 0.3 is 0 Å². The first kappa shape index (κ1) is 14.6. The summed E-state index contributed by atoms with van der Waals surface area (Å²) in [6, 6.07) is 2.68. The molecule has 0 aliphatic heterocycles. The monoisotopic (exact) mass is 256 g/mol. The topological polar surface area (TPSA) is 17.8 Å². The number of hydrogen-bond acceptors (Lipinski definition) is 1. The van der Waals surface area contributed by atoms with Gasteiger partial charge < -0.3 is 0 Å². The van der Waals surface area contributed by atoms with Crippen molar-refractivity contribution in [1.29, 1.82) is 0 Å². The maximum atomic E-state index is 6.00. The second-order valence-corrected chi connectivity index (χ2v) is 5.43. The summed E-state index contributed by atoms with van der Waals surface area (Å²) in [5.41, 5.74) is 1.18. The van der Waals surface area contributed by atoms with E-state index in [2.05, 4.69) is 49.7 Å². The third kappa shape index (κ3) is 4.02. The molecular weight excluding hydrogens is 232 g/mol. The molecule has 0 fully saturated rings. The average Bonchev–Trinajstić information content (AvgIpc) is 2.76.